The predicted octanol–water partition coefficient (Wildman–Crippen LogP) is 3.76. The zero-order valence-electron chi connectivity index (χ0n) is 17.7. The minimum atomic E-state index is -0.192. The van der Waals surface area contributed by atoms with Crippen molar-refractivity contribution in [2.75, 3.05) is 31.2 Å². The van der Waals surface area contributed by atoms with Gasteiger partial charge in [0.2, 0.25) is 0 Å². The second-order valence-corrected chi connectivity index (χ2v) is 8.39. The fourth-order valence-corrected chi connectivity index (χ4v) is 4.02. The van der Waals surface area contributed by atoms with Gasteiger partial charge in [0.05, 0.1) is 19.3 Å². The van der Waals surface area contributed by atoms with Gasteiger partial charge in [0, 0.05) is 36.8 Å². The number of morpholine rings is 1. The van der Waals surface area contributed by atoms with Gasteiger partial charge in [-0.2, -0.15) is 0 Å². The summed E-state index contributed by atoms with van der Waals surface area (Å²) in [6, 6.07) is 11.7. The third-order valence-electron chi connectivity index (χ3n) is 4.81. The molecule has 1 aromatic carbocycles. The van der Waals surface area contributed by atoms with Crippen molar-refractivity contribution in [3.05, 3.63) is 59.2 Å². The molecule has 0 unspecified atom stereocenters. The van der Waals surface area contributed by atoms with Crippen LogP contribution in [0.3, 0.4) is 0 Å². The quantitative estimate of drug-likeness (QED) is 0.605. The van der Waals surface area contributed by atoms with Crippen molar-refractivity contribution in [1.82, 2.24) is 15.3 Å². The van der Waals surface area contributed by atoms with Gasteiger partial charge in [-0.15, -0.1) is 11.3 Å². The Labute approximate surface area is 186 Å². The van der Waals surface area contributed by atoms with Crippen LogP contribution in [0.1, 0.15) is 29.9 Å². The molecule has 1 saturated heterocycles. The zero-order chi connectivity index (χ0) is 21.6. The highest BCUT2D eigenvalue weighted by molar-refractivity contribution is 7.13. The smallest absolute Gasteiger partial charge is 0.271 e. The van der Waals surface area contributed by atoms with E-state index in [4.69, 9.17) is 9.47 Å². The molecule has 3 aromatic rings. The standard InChI is InChI=1S/C23H26N4O3S/c1-16(2)30-19-6-3-17(4-7-19)13-25-22(28)20-15-31-23(26-20)18-5-8-21(24-14-18)27-9-11-29-12-10-27/h3-8,14-16H,9-13H2,1-2H3,(H,25,28). The largest absolute Gasteiger partial charge is 0.491 e. The minimum absolute atomic E-state index is 0.134. The van der Waals surface area contributed by atoms with Gasteiger partial charge in [-0.3, -0.25) is 4.79 Å². The molecule has 1 fully saturated rings. The number of thiazole rings is 1. The molecule has 3 heterocycles. The fourth-order valence-electron chi connectivity index (χ4n) is 3.23. The molecule has 1 amide bonds. The molecule has 1 aliphatic heterocycles. The maximum atomic E-state index is 12.5. The van der Waals surface area contributed by atoms with E-state index < -0.39 is 0 Å². The number of pyridine rings is 1. The summed E-state index contributed by atoms with van der Waals surface area (Å²) in [4.78, 5) is 23.8. The molecule has 2 aromatic heterocycles. The molecule has 0 spiro atoms. The number of hydrogen-bond acceptors (Lipinski definition) is 7. The summed E-state index contributed by atoms with van der Waals surface area (Å²) < 4.78 is 11.0. The molecule has 1 aliphatic rings. The van der Waals surface area contributed by atoms with Crippen LogP contribution in [0.4, 0.5) is 5.82 Å². The first-order chi connectivity index (χ1) is 15.1. The lowest BCUT2D eigenvalue weighted by molar-refractivity contribution is 0.0946. The number of benzene rings is 1. The normalized spacial score (nSPS) is 14.0. The summed E-state index contributed by atoms with van der Waals surface area (Å²) in [5, 5.41) is 5.48. The summed E-state index contributed by atoms with van der Waals surface area (Å²) >= 11 is 1.44. The van der Waals surface area contributed by atoms with Crippen LogP contribution in [-0.2, 0) is 11.3 Å². The van der Waals surface area contributed by atoms with Crippen LogP contribution >= 0.6 is 11.3 Å². The van der Waals surface area contributed by atoms with Crippen LogP contribution in [0, 0.1) is 0 Å². The Balaban J connectivity index is 1.34. The second-order valence-electron chi connectivity index (χ2n) is 7.54. The highest BCUT2D eigenvalue weighted by Crippen LogP contribution is 2.25. The number of nitrogens with one attached hydrogen (secondary N) is 1. The third-order valence-corrected chi connectivity index (χ3v) is 5.71. The molecule has 8 heteroatoms. The van der Waals surface area contributed by atoms with Crippen molar-refractivity contribution in [2.24, 2.45) is 0 Å². The number of carbonyl (C=O) groups is 1. The van der Waals surface area contributed by atoms with Gasteiger partial charge in [0.25, 0.3) is 5.91 Å². The lowest BCUT2D eigenvalue weighted by atomic mass is 10.2. The highest BCUT2D eigenvalue weighted by Gasteiger charge is 2.15. The third kappa shape index (κ3) is 5.59. The number of rotatable bonds is 7. The molecule has 1 N–H and O–H groups in total. The Bertz CT molecular complexity index is 996. The van der Waals surface area contributed by atoms with E-state index in [2.05, 4.69) is 20.2 Å². The fraction of sp³-hybridized carbons (Fsp3) is 0.348. The average molecular weight is 439 g/mol. The number of amides is 1. The van der Waals surface area contributed by atoms with Crippen molar-refractivity contribution in [3.63, 3.8) is 0 Å². The monoisotopic (exact) mass is 438 g/mol. The topological polar surface area (TPSA) is 76.6 Å². The van der Waals surface area contributed by atoms with Crippen molar-refractivity contribution in [3.8, 4) is 16.3 Å². The van der Waals surface area contributed by atoms with E-state index in [-0.39, 0.29) is 12.0 Å². The van der Waals surface area contributed by atoms with Crippen LogP contribution in [0.5, 0.6) is 5.75 Å². The highest BCUT2D eigenvalue weighted by atomic mass is 32.1. The van der Waals surface area contributed by atoms with Gasteiger partial charge in [-0.05, 0) is 43.7 Å². The van der Waals surface area contributed by atoms with Gasteiger partial charge in [-0.1, -0.05) is 12.1 Å². The summed E-state index contributed by atoms with van der Waals surface area (Å²) in [7, 11) is 0. The molecule has 4 rings (SSSR count). The first-order valence-corrected chi connectivity index (χ1v) is 11.2. The maximum Gasteiger partial charge on any atom is 0.271 e. The van der Waals surface area contributed by atoms with Gasteiger partial charge >= 0.3 is 0 Å². The number of hydrogen-bond donors (Lipinski definition) is 1. The van der Waals surface area contributed by atoms with Crippen LogP contribution < -0.4 is 15.0 Å². The van der Waals surface area contributed by atoms with Crippen LogP contribution in [-0.4, -0.2) is 48.3 Å². The van der Waals surface area contributed by atoms with E-state index in [1.807, 2.05) is 56.4 Å². The number of aromatic nitrogens is 2. The molecule has 0 aliphatic carbocycles. The lowest BCUT2D eigenvalue weighted by Crippen LogP contribution is -2.36. The minimum Gasteiger partial charge on any atom is -0.491 e. The molecule has 7 nitrogen and oxygen atoms in total. The van der Waals surface area contributed by atoms with Crippen molar-refractivity contribution < 1.29 is 14.3 Å². The van der Waals surface area contributed by atoms with Crippen molar-refractivity contribution >= 4 is 23.1 Å². The average Bonchev–Trinajstić information content (AvgIpc) is 3.29. The van der Waals surface area contributed by atoms with Gasteiger partial charge < -0.3 is 19.7 Å². The summed E-state index contributed by atoms with van der Waals surface area (Å²) in [6.07, 6.45) is 1.95. The molecule has 0 saturated carbocycles. The molecular weight excluding hydrogens is 412 g/mol. The molecule has 31 heavy (non-hydrogen) atoms. The van der Waals surface area contributed by atoms with E-state index in [0.29, 0.717) is 12.2 Å². The number of anilines is 1. The number of nitrogens with zero attached hydrogens (tertiary/aromatic N) is 3. The Hall–Kier alpha value is -2.97. The van der Waals surface area contributed by atoms with E-state index in [0.717, 1.165) is 54.0 Å². The molecule has 0 atom stereocenters. The first-order valence-electron chi connectivity index (χ1n) is 10.4. The molecule has 162 valence electrons. The summed E-state index contributed by atoms with van der Waals surface area (Å²) in [5.74, 6) is 1.57. The maximum absolute atomic E-state index is 12.5. The van der Waals surface area contributed by atoms with Gasteiger partial charge in [-0.25, -0.2) is 9.97 Å². The van der Waals surface area contributed by atoms with Crippen molar-refractivity contribution in [1.29, 1.82) is 0 Å². The molecule has 0 bridgehead atoms. The summed E-state index contributed by atoms with van der Waals surface area (Å²) in [6.45, 7) is 7.57. The number of carbonyl (C=O) groups excluding carboxylic acids is 1. The number of ether oxygens (including phenoxy) is 2. The van der Waals surface area contributed by atoms with Crippen LogP contribution in [0.15, 0.2) is 48.0 Å². The van der Waals surface area contributed by atoms with Gasteiger partial charge in [0.15, 0.2) is 0 Å². The predicted molar refractivity (Wildman–Crippen MR) is 122 cm³/mol. The Morgan fingerprint density at radius 1 is 1.19 bits per heavy atom. The summed E-state index contributed by atoms with van der Waals surface area (Å²) in [5.41, 5.74) is 2.32. The lowest BCUT2D eigenvalue weighted by Gasteiger charge is -2.27. The van der Waals surface area contributed by atoms with E-state index in [1.165, 1.54) is 11.3 Å². The zero-order valence-corrected chi connectivity index (χ0v) is 18.5. The van der Waals surface area contributed by atoms with E-state index >= 15 is 0 Å². The van der Waals surface area contributed by atoms with Gasteiger partial charge in [0.1, 0.15) is 22.3 Å². The molecular formula is C23H26N4O3S. The SMILES string of the molecule is CC(C)Oc1ccc(CNC(=O)c2csc(-c3ccc(N4CCOCC4)nc3)n2)cc1. The molecule has 0 radical (unpaired) electrons. The second kappa shape index (κ2) is 9.89. The van der Waals surface area contributed by atoms with E-state index in [9.17, 15) is 4.79 Å². The Morgan fingerprint density at radius 3 is 2.65 bits per heavy atom. The first kappa shape index (κ1) is 21.3. The Kier molecular flexibility index (Phi) is 6.79. The van der Waals surface area contributed by atoms with Crippen LogP contribution in [0.2, 0.25) is 0 Å². The van der Waals surface area contributed by atoms with Crippen molar-refractivity contribution in [2.45, 2.75) is 26.5 Å². The Morgan fingerprint density at radius 2 is 1.97 bits per heavy atom. The van der Waals surface area contributed by atoms with E-state index in [1.54, 1.807) is 5.38 Å². The van der Waals surface area contributed by atoms with Crippen LogP contribution in [0.25, 0.3) is 10.6 Å².